The third-order valence-electron chi connectivity index (χ3n) is 4.90. The van der Waals surface area contributed by atoms with Crippen LogP contribution in [0.25, 0.3) is 0 Å². The summed E-state index contributed by atoms with van der Waals surface area (Å²) in [6.45, 7) is 6.50. The average molecular weight is 353 g/mol. The Morgan fingerprint density at radius 1 is 1.32 bits per heavy atom. The van der Waals surface area contributed by atoms with E-state index in [0.29, 0.717) is 6.42 Å². The van der Waals surface area contributed by atoms with Gasteiger partial charge in [-0.25, -0.2) is 4.79 Å². The second-order valence-corrected chi connectivity index (χ2v) is 7.24. The third kappa shape index (κ3) is 3.93. The highest BCUT2D eigenvalue weighted by molar-refractivity contribution is 6.09. The van der Waals surface area contributed by atoms with Gasteiger partial charge in [-0.15, -0.1) is 0 Å². The summed E-state index contributed by atoms with van der Waals surface area (Å²) in [7, 11) is 0. The van der Waals surface area contributed by atoms with E-state index < -0.39 is 36.1 Å². The van der Waals surface area contributed by atoms with E-state index in [9.17, 15) is 19.2 Å². The van der Waals surface area contributed by atoms with Crippen molar-refractivity contribution in [1.82, 2.24) is 15.5 Å². The molecule has 8 heteroatoms. The molecular weight excluding hydrogens is 326 g/mol. The van der Waals surface area contributed by atoms with Crippen LogP contribution in [0.15, 0.2) is 0 Å². The predicted molar refractivity (Wildman–Crippen MR) is 89.4 cm³/mol. The number of ether oxygens (including phenoxy) is 1. The lowest BCUT2D eigenvalue weighted by Gasteiger charge is -2.36. The van der Waals surface area contributed by atoms with Crippen LogP contribution in [0.2, 0.25) is 0 Å². The molecule has 1 heterocycles. The zero-order valence-electron chi connectivity index (χ0n) is 15.3. The number of hydrogen-bond acceptors (Lipinski definition) is 5. The summed E-state index contributed by atoms with van der Waals surface area (Å²) in [4.78, 5) is 49.7. The molecule has 4 amide bonds. The zero-order valence-corrected chi connectivity index (χ0v) is 15.3. The van der Waals surface area contributed by atoms with E-state index in [0.717, 1.165) is 24.2 Å². The molecule has 0 aromatic carbocycles. The molecule has 8 nitrogen and oxygen atoms in total. The van der Waals surface area contributed by atoms with Crippen LogP contribution in [0.3, 0.4) is 0 Å². The maximum Gasteiger partial charge on any atom is 0.327 e. The molecular formula is C17H27N3O5. The quantitative estimate of drug-likeness (QED) is 0.565. The Balaban J connectivity index is 1.98. The van der Waals surface area contributed by atoms with Crippen LogP contribution in [0, 0.1) is 5.92 Å². The number of esters is 1. The summed E-state index contributed by atoms with van der Waals surface area (Å²) in [6, 6.07) is -0.651. The van der Waals surface area contributed by atoms with Crippen LogP contribution >= 0.6 is 0 Å². The normalized spacial score (nSPS) is 27.4. The Morgan fingerprint density at radius 2 is 2.00 bits per heavy atom. The molecule has 1 spiro atoms. The molecule has 2 fully saturated rings. The molecule has 0 aromatic rings. The van der Waals surface area contributed by atoms with Gasteiger partial charge in [-0.2, -0.15) is 0 Å². The van der Waals surface area contributed by atoms with Crippen molar-refractivity contribution in [3.63, 3.8) is 0 Å². The van der Waals surface area contributed by atoms with Gasteiger partial charge in [0, 0.05) is 6.04 Å². The Kier molecular flexibility index (Phi) is 5.69. The molecule has 1 saturated carbocycles. The van der Waals surface area contributed by atoms with E-state index in [-0.39, 0.29) is 17.9 Å². The van der Waals surface area contributed by atoms with E-state index in [1.807, 2.05) is 6.92 Å². The first-order valence-electron chi connectivity index (χ1n) is 8.81. The first-order valence-corrected chi connectivity index (χ1v) is 8.81. The lowest BCUT2D eigenvalue weighted by atomic mass is 9.73. The largest absolute Gasteiger partial charge is 0.451 e. The number of imide groups is 1. The van der Waals surface area contributed by atoms with Crippen molar-refractivity contribution in [3.05, 3.63) is 0 Å². The fourth-order valence-corrected chi connectivity index (χ4v) is 3.46. The SMILES string of the molecule is CC(C)NC(=O)[C@H](C)OC(=O)CN1C(=O)N[C@]2(CCCC[C@H]2C)C1=O. The molecule has 1 saturated heterocycles. The summed E-state index contributed by atoms with van der Waals surface area (Å²) < 4.78 is 5.05. The molecule has 0 unspecified atom stereocenters. The van der Waals surface area contributed by atoms with E-state index in [4.69, 9.17) is 4.74 Å². The molecule has 140 valence electrons. The van der Waals surface area contributed by atoms with Crippen LogP contribution in [0.4, 0.5) is 4.79 Å². The molecule has 0 bridgehead atoms. The molecule has 3 atom stereocenters. The highest BCUT2D eigenvalue weighted by Crippen LogP contribution is 2.38. The van der Waals surface area contributed by atoms with Gasteiger partial charge < -0.3 is 15.4 Å². The maximum atomic E-state index is 12.8. The minimum atomic E-state index is -0.988. The molecule has 1 aliphatic heterocycles. The Bertz CT molecular complexity index is 577. The standard InChI is InChI=1S/C17H27N3O5/c1-10(2)18-14(22)12(4)25-13(21)9-20-15(23)17(19-16(20)24)8-6-5-7-11(17)3/h10-12H,5-9H2,1-4H3,(H,18,22)(H,19,24)/t11-,12+,17+/m1/s1. The van der Waals surface area contributed by atoms with Gasteiger partial charge in [-0.05, 0) is 39.5 Å². The number of carbonyl (C=O) groups is 4. The minimum Gasteiger partial charge on any atom is -0.451 e. The van der Waals surface area contributed by atoms with Crippen molar-refractivity contribution in [2.24, 2.45) is 5.92 Å². The van der Waals surface area contributed by atoms with E-state index >= 15 is 0 Å². The van der Waals surface area contributed by atoms with Gasteiger partial charge in [0.25, 0.3) is 11.8 Å². The van der Waals surface area contributed by atoms with Crippen molar-refractivity contribution in [3.8, 4) is 0 Å². The second-order valence-electron chi connectivity index (χ2n) is 7.24. The Labute approximate surface area is 147 Å². The zero-order chi connectivity index (χ0) is 18.8. The molecule has 25 heavy (non-hydrogen) atoms. The van der Waals surface area contributed by atoms with Crippen LogP contribution in [-0.4, -0.2) is 52.9 Å². The Morgan fingerprint density at radius 3 is 2.60 bits per heavy atom. The second kappa shape index (κ2) is 7.41. The summed E-state index contributed by atoms with van der Waals surface area (Å²) in [5.74, 6) is -1.55. The molecule has 1 aliphatic carbocycles. The van der Waals surface area contributed by atoms with Gasteiger partial charge in [0.1, 0.15) is 12.1 Å². The predicted octanol–water partition coefficient (Wildman–Crippen LogP) is 0.943. The van der Waals surface area contributed by atoms with Gasteiger partial charge >= 0.3 is 12.0 Å². The molecule has 0 aromatic heterocycles. The van der Waals surface area contributed by atoms with Crippen molar-refractivity contribution in [1.29, 1.82) is 0 Å². The average Bonchev–Trinajstić information content (AvgIpc) is 2.75. The van der Waals surface area contributed by atoms with Crippen molar-refractivity contribution in [2.75, 3.05) is 6.54 Å². The van der Waals surface area contributed by atoms with Crippen LogP contribution in [0.1, 0.15) is 53.4 Å². The monoisotopic (exact) mass is 353 g/mol. The highest BCUT2D eigenvalue weighted by atomic mass is 16.5. The summed E-state index contributed by atoms with van der Waals surface area (Å²) in [6.07, 6.45) is 2.34. The van der Waals surface area contributed by atoms with Crippen molar-refractivity contribution in [2.45, 2.75) is 71.1 Å². The minimum absolute atomic E-state index is 0.0227. The molecule has 2 aliphatic rings. The number of rotatable bonds is 5. The smallest absolute Gasteiger partial charge is 0.327 e. The van der Waals surface area contributed by atoms with Crippen LogP contribution in [-0.2, 0) is 19.1 Å². The number of amides is 4. The topological polar surface area (TPSA) is 105 Å². The molecule has 2 rings (SSSR count). The molecule has 0 radical (unpaired) electrons. The fraction of sp³-hybridized carbons (Fsp3) is 0.765. The number of hydrogen-bond donors (Lipinski definition) is 2. The fourth-order valence-electron chi connectivity index (χ4n) is 3.46. The van der Waals surface area contributed by atoms with E-state index in [1.165, 1.54) is 6.92 Å². The first-order chi connectivity index (χ1) is 11.7. The van der Waals surface area contributed by atoms with Gasteiger partial charge in [-0.1, -0.05) is 19.8 Å². The Hall–Kier alpha value is -2.12. The molecule has 2 N–H and O–H groups in total. The highest BCUT2D eigenvalue weighted by Gasteiger charge is 2.55. The van der Waals surface area contributed by atoms with Gasteiger partial charge in [0.15, 0.2) is 6.10 Å². The van der Waals surface area contributed by atoms with Crippen LogP contribution in [0.5, 0.6) is 0 Å². The van der Waals surface area contributed by atoms with E-state index in [2.05, 4.69) is 10.6 Å². The van der Waals surface area contributed by atoms with Crippen LogP contribution < -0.4 is 10.6 Å². The summed E-state index contributed by atoms with van der Waals surface area (Å²) >= 11 is 0. The number of nitrogens with one attached hydrogen (secondary N) is 2. The van der Waals surface area contributed by atoms with Gasteiger partial charge in [0.2, 0.25) is 0 Å². The number of carbonyl (C=O) groups excluding carboxylic acids is 4. The summed E-state index contributed by atoms with van der Waals surface area (Å²) in [5, 5.41) is 5.41. The number of nitrogens with zero attached hydrogens (tertiary/aromatic N) is 1. The van der Waals surface area contributed by atoms with Gasteiger partial charge in [-0.3, -0.25) is 19.3 Å². The van der Waals surface area contributed by atoms with Crippen molar-refractivity contribution < 1.29 is 23.9 Å². The van der Waals surface area contributed by atoms with Gasteiger partial charge in [0.05, 0.1) is 0 Å². The van der Waals surface area contributed by atoms with Crippen molar-refractivity contribution >= 4 is 23.8 Å². The lowest BCUT2D eigenvalue weighted by Crippen LogP contribution is -2.54. The lowest BCUT2D eigenvalue weighted by molar-refractivity contribution is -0.157. The first kappa shape index (κ1) is 19.2. The van der Waals surface area contributed by atoms with E-state index in [1.54, 1.807) is 13.8 Å². The summed E-state index contributed by atoms with van der Waals surface area (Å²) in [5.41, 5.74) is -0.907. The third-order valence-corrected chi connectivity index (χ3v) is 4.90. The maximum absolute atomic E-state index is 12.8. The number of urea groups is 1.